The summed E-state index contributed by atoms with van der Waals surface area (Å²) >= 11 is 0. The van der Waals surface area contributed by atoms with Crippen LogP contribution in [0.15, 0.2) is 42.5 Å². The topological polar surface area (TPSA) is 61.8 Å². The summed E-state index contributed by atoms with van der Waals surface area (Å²) in [7, 11) is 1.35. The van der Waals surface area contributed by atoms with Crippen molar-refractivity contribution in [1.82, 2.24) is 0 Å². The van der Waals surface area contributed by atoms with Crippen LogP contribution in [-0.2, 0) is 19.7 Å². The Morgan fingerprint density at radius 3 is 2.46 bits per heavy atom. The predicted molar refractivity (Wildman–Crippen MR) is 104 cm³/mol. The van der Waals surface area contributed by atoms with Gasteiger partial charge in [0.2, 0.25) is 0 Å². The zero-order valence-corrected chi connectivity index (χ0v) is 16.2. The van der Waals surface area contributed by atoms with E-state index in [0.717, 1.165) is 28.9 Å². The van der Waals surface area contributed by atoms with E-state index >= 15 is 0 Å². The van der Waals surface area contributed by atoms with E-state index in [1.165, 1.54) is 14.0 Å². The van der Waals surface area contributed by atoms with Crippen LogP contribution in [0.5, 0.6) is 5.75 Å². The first kappa shape index (κ1) is 19.5. The van der Waals surface area contributed by atoms with Crippen LogP contribution in [0.4, 0.5) is 0 Å². The Morgan fingerprint density at radius 1 is 1.11 bits per heavy atom. The van der Waals surface area contributed by atoms with Crippen molar-refractivity contribution in [3.63, 3.8) is 0 Å². The molecule has 1 aliphatic heterocycles. The third-order valence-electron chi connectivity index (χ3n) is 4.79. The molecule has 0 fully saturated rings. The number of hydrogen-bond acceptors (Lipinski definition) is 5. The summed E-state index contributed by atoms with van der Waals surface area (Å²) in [5.41, 5.74) is 2.81. The molecule has 0 saturated carbocycles. The molecule has 0 saturated heterocycles. The lowest BCUT2D eigenvalue weighted by Gasteiger charge is -2.35. The van der Waals surface area contributed by atoms with Gasteiger partial charge in [-0.3, -0.25) is 4.79 Å². The van der Waals surface area contributed by atoms with Crippen molar-refractivity contribution in [2.24, 2.45) is 0 Å². The summed E-state index contributed by atoms with van der Waals surface area (Å²) in [6.07, 6.45) is 0.763. The molecule has 0 radical (unpaired) electrons. The summed E-state index contributed by atoms with van der Waals surface area (Å²) in [6.45, 7) is 4.38. The van der Waals surface area contributed by atoms with E-state index in [2.05, 4.69) is 18.8 Å². The van der Waals surface area contributed by atoms with E-state index in [0.29, 0.717) is 18.8 Å². The van der Waals surface area contributed by atoms with Crippen LogP contribution >= 0.6 is 0 Å². The minimum absolute atomic E-state index is 0.291. The Bertz CT molecular complexity index is 949. The summed E-state index contributed by atoms with van der Waals surface area (Å²) in [5.74, 6) is 6.38. The number of carbonyl (C=O) groups is 2. The average molecular weight is 378 g/mol. The van der Waals surface area contributed by atoms with Gasteiger partial charge >= 0.3 is 11.9 Å². The third kappa shape index (κ3) is 4.34. The smallest absolute Gasteiger partial charge is 0.337 e. The van der Waals surface area contributed by atoms with Crippen molar-refractivity contribution in [1.29, 1.82) is 0 Å². The first-order valence-corrected chi connectivity index (χ1v) is 9.02. The number of hydrogen-bond donors (Lipinski definition) is 0. The molecule has 0 bridgehead atoms. The molecule has 1 aliphatic rings. The van der Waals surface area contributed by atoms with Gasteiger partial charge in [-0.2, -0.15) is 0 Å². The Labute approximate surface area is 164 Å². The van der Waals surface area contributed by atoms with Gasteiger partial charge in [0, 0.05) is 29.0 Å². The molecule has 0 aromatic heterocycles. The highest BCUT2D eigenvalue weighted by Gasteiger charge is 2.34. The fourth-order valence-corrected chi connectivity index (χ4v) is 3.09. The maximum atomic E-state index is 11.5. The van der Waals surface area contributed by atoms with Gasteiger partial charge in [0.25, 0.3) is 0 Å². The lowest BCUT2D eigenvalue weighted by molar-refractivity contribution is -0.143. The van der Waals surface area contributed by atoms with Crippen LogP contribution in [0.25, 0.3) is 0 Å². The summed E-state index contributed by atoms with van der Waals surface area (Å²) < 4.78 is 15.7. The Balaban J connectivity index is 1.85. The molecule has 1 unspecified atom stereocenters. The molecule has 2 aromatic rings. The molecule has 0 N–H and O–H groups in total. The van der Waals surface area contributed by atoms with Crippen molar-refractivity contribution in [2.45, 2.75) is 25.7 Å². The number of methoxy groups -OCH3 is 1. The number of benzene rings is 2. The maximum absolute atomic E-state index is 11.5. The van der Waals surface area contributed by atoms with Crippen LogP contribution in [0, 0.1) is 11.8 Å². The largest absolute Gasteiger partial charge is 0.493 e. The molecular formula is C23H22O5. The average Bonchev–Trinajstić information content (AvgIpc) is 2.71. The zero-order valence-electron chi connectivity index (χ0n) is 16.2. The van der Waals surface area contributed by atoms with Gasteiger partial charge in [-0.1, -0.05) is 18.8 Å². The van der Waals surface area contributed by atoms with E-state index in [9.17, 15) is 9.59 Å². The van der Waals surface area contributed by atoms with Crippen LogP contribution in [0.1, 0.15) is 47.3 Å². The number of rotatable bonds is 3. The first-order chi connectivity index (χ1) is 13.4. The molecule has 5 nitrogen and oxygen atoms in total. The molecule has 0 amide bonds. The van der Waals surface area contributed by atoms with Crippen LogP contribution < -0.4 is 4.74 Å². The number of esters is 2. The van der Waals surface area contributed by atoms with Gasteiger partial charge in [-0.25, -0.2) is 4.79 Å². The van der Waals surface area contributed by atoms with E-state index in [-0.39, 0.29) is 17.4 Å². The second kappa shape index (κ2) is 8.18. The fourth-order valence-electron chi connectivity index (χ4n) is 3.09. The summed E-state index contributed by atoms with van der Waals surface area (Å²) in [5, 5.41) is 0. The number of ether oxygens (including phenoxy) is 3. The molecule has 1 atom stereocenters. The number of fused-ring (bicyclic) bond motifs is 1. The minimum atomic E-state index is -0.374. The molecule has 5 heteroatoms. The standard InChI is InChI=1S/C23H22O5/c1-16(24)28-15-23(2)12-13-27-21-11-8-18(14-20(21)23)5-4-17-6-9-19(10-7-17)22(25)26-3/h6-11,14H,12-13,15H2,1-3H3. The van der Waals surface area contributed by atoms with Gasteiger partial charge in [0.1, 0.15) is 12.4 Å². The fraction of sp³-hybridized carbons (Fsp3) is 0.304. The molecule has 1 heterocycles. The Hall–Kier alpha value is -3.26. The maximum Gasteiger partial charge on any atom is 0.337 e. The second-order valence-corrected chi connectivity index (χ2v) is 6.97. The van der Waals surface area contributed by atoms with Crippen LogP contribution in [0.3, 0.4) is 0 Å². The molecule has 3 rings (SSSR count). The summed E-state index contributed by atoms with van der Waals surface area (Å²) in [4.78, 5) is 22.7. The third-order valence-corrected chi connectivity index (χ3v) is 4.79. The van der Waals surface area contributed by atoms with Crippen LogP contribution in [0.2, 0.25) is 0 Å². The predicted octanol–water partition coefficient (Wildman–Crippen LogP) is 3.48. The summed E-state index contributed by atoms with van der Waals surface area (Å²) in [6, 6.07) is 12.8. The highest BCUT2D eigenvalue weighted by atomic mass is 16.5. The molecular weight excluding hydrogens is 356 g/mol. The lowest BCUT2D eigenvalue weighted by Crippen LogP contribution is -2.35. The zero-order chi connectivity index (χ0) is 20.1. The Kier molecular flexibility index (Phi) is 5.70. The van der Waals surface area contributed by atoms with E-state index < -0.39 is 0 Å². The monoisotopic (exact) mass is 378 g/mol. The van der Waals surface area contributed by atoms with Gasteiger partial charge in [-0.05, 0) is 48.9 Å². The van der Waals surface area contributed by atoms with Crippen molar-refractivity contribution in [3.8, 4) is 17.6 Å². The van der Waals surface area contributed by atoms with Crippen molar-refractivity contribution < 1.29 is 23.8 Å². The highest BCUT2D eigenvalue weighted by Crippen LogP contribution is 2.39. The SMILES string of the molecule is COC(=O)c1ccc(C#Cc2ccc3c(c2)C(C)(COC(C)=O)CCO3)cc1. The van der Waals surface area contributed by atoms with E-state index in [1.807, 2.05) is 18.2 Å². The molecule has 2 aromatic carbocycles. The quantitative estimate of drug-likeness (QED) is 0.605. The van der Waals surface area contributed by atoms with Crippen molar-refractivity contribution in [2.75, 3.05) is 20.3 Å². The van der Waals surface area contributed by atoms with Gasteiger partial charge in [-0.15, -0.1) is 0 Å². The Morgan fingerprint density at radius 2 is 1.79 bits per heavy atom. The molecule has 144 valence electrons. The van der Waals surface area contributed by atoms with Gasteiger partial charge in [0.15, 0.2) is 0 Å². The minimum Gasteiger partial charge on any atom is -0.493 e. The van der Waals surface area contributed by atoms with Gasteiger partial charge in [0.05, 0.1) is 19.3 Å². The normalized spacial score (nSPS) is 17.4. The van der Waals surface area contributed by atoms with E-state index in [1.54, 1.807) is 24.3 Å². The highest BCUT2D eigenvalue weighted by molar-refractivity contribution is 5.89. The van der Waals surface area contributed by atoms with Crippen molar-refractivity contribution in [3.05, 3.63) is 64.7 Å². The number of carbonyl (C=O) groups excluding carboxylic acids is 2. The van der Waals surface area contributed by atoms with Crippen molar-refractivity contribution >= 4 is 11.9 Å². The van der Waals surface area contributed by atoms with Gasteiger partial charge < -0.3 is 14.2 Å². The van der Waals surface area contributed by atoms with Crippen LogP contribution in [-0.4, -0.2) is 32.3 Å². The van der Waals surface area contributed by atoms with E-state index in [4.69, 9.17) is 14.2 Å². The lowest BCUT2D eigenvalue weighted by atomic mass is 9.78. The first-order valence-electron chi connectivity index (χ1n) is 9.02. The molecule has 0 aliphatic carbocycles. The molecule has 28 heavy (non-hydrogen) atoms. The second-order valence-electron chi connectivity index (χ2n) is 6.97. The molecule has 0 spiro atoms.